The van der Waals surface area contributed by atoms with Crippen LogP contribution in [0.15, 0.2) is 18.2 Å². The van der Waals surface area contributed by atoms with Crippen molar-refractivity contribution in [3.05, 3.63) is 33.8 Å². The summed E-state index contributed by atoms with van der Waals surface area (Å²) in [6.07, 6.45) is 2.16. The Labute approximate surface area is 135 Å². The Balaban J connectivity index is 1.89. The molecule has 0 spiro atoms. The van der Waals surface area contributed by atoms with E-state index in [2.05, 4.69) is 5.32 Å². The van der Waals surface area contributed by atoms with Crippen LogP contribution in [0.2, 0.25) is 10.0 Å². The van der Waals surface area contributed by atoms with E-state index in [1.165, 1.54) is 0 Å². The van der Waals surface area contributed by atoms with Crippen molar-refractivity contribution in [1.29, 1.82) is 0 Å². The van der Waals surface area contributed by atoms with Crippen LogP contribution in [0.1, 0.15) is 25.3 Å². The summed E-state index contributed by atoms with van der Waals surface area (Å²) >= 11 is 12.0. The Morgan fingerprint density at radius 3 is 2.90 bits per heavy atom. The van der Waals surface area contributed by atoms with Crippen molar-refractivity contribution in [1.82, 2.24) is 10.2 Å². The lowest BCUT2D eigenvalue weighted by molar-refractivity contribution is 0.0838. The van der Waals surface area contributed by atoms with E-state index in [9.17, 15) is 4.79 Å². The number of halogens is 2. The standard InChI is InChI=1S/C15H20Cl2N2O2/c1-10(14-4-3-7-21-14)18-15(20)19(2)9-11-5-6-12(16)8-13(11)17/h5-6,8,10,14H,3-4,7,9H2,1-2H3,(H,18,20). The second kappa shape index (κ2) is 7.34. The lowest BCUT2D eigenvalue weighted by atomic mass is 10.1. The Kier molecular flexibility index (Phi) is 5.73. The number of ether oxygens (including phenoxy) is 1. The molecule has 1 heterocycles. The van der Waals surface area contributed by atoms with E-state index in [1.807, 2.05) is 13.0 Å². The van der Waals surface area contributed by atoms with Gasteiger partial charge in [0.05, 0.1) is 12.1 Å². The molecule has 116 valence electrons. The fourth-order valence-electron chi connectivity index (χ4n) is 2.37. The molecule has 1 aromatic carbocycles. The quantitative estimate of drug-likeness (QED) is 0.914. The zero-order chi connectivity index (χ0) is 15.4. The highest BCUT2D eigenvalue weighted by Crippen LogP contribution is 2.22. The van der Waals surface area contributed by atoms with Gasteiger partial charge in [0.25, 0.3) is 0 Å². The first kappa shape index (κ1) is 16.4. The topological polar surface area (TPSA) is 41.6 Å². The number of hydrogen-bond donors (Lipinski definition) is 1. The van der Waals surface area contributed by atoms with Crippen molar-refractivity contribution in [2.75, 3.05) is 13.7 Å². The predicted molar refractivity (Wildman–Crippen MR) is 84.9 cm³/mol. The van der Waals surface area contributed by atoms with E-state index in [0.717, 1.165) is 25.0 Å². The van der Waals surface area contributed by atoms with Gasteiger partial charge in [-0.15, -0.1) is 0 Å². The molecular weight excluding hydrogens is 311 g/mol. The fourth-order valence-corrected chi connectivity index (χ4v) is 2.84. The number of carbonyl (C=O) groups is 1. The van der Waals surface area contributed by atoms with Crippen LogP contribution in [-0.4, -0.2) is 36.7 Å². The van der Waals surface area contributed by atoms with Crippen molar-refractivity contribution in [2.24, 2.45) is 0 Å². The summed E-state index contributed by atoms with van der Waals surface area (Å²) in [7, 11) is 1.74. The molecule has 0 aromatic heterocycles. The van der Waals surface area contributed by atoms with Gasteiger partial charge in [0.15, 0.2) is 0 Å². The first-order chi connectivity index (χ1) is 9.97. The average Bonchev–Trinajstić information content (AvgIpc) is 2.95. The molecule has 6 heteroatoms. The van der Waals surface area contributed by atoms with Gasteiger partial charge in [0, 0.05) is 30.2 Å². The number of carbonyl (C=O) groups excluding carboxylic acids is 1. The molecule has 0 radical (unpaired) electrons. The molecule has 0 saturated carbocycles. The van der Waals surface area contributed by atoms with Crippen molar-refractivity contribution >= 4 is 29.2 Å². The van der Waals surface area contributed by atoms with Gasteiger partial charge in [-0.25, -0.2) is 4.79 Å². The molecular formula is C15H20Cl2N2O2. The molecule has 4 nitrogen and oxygen atoms in total. The first-order valence-electron chi connectivity index (χ1n) is 7.04. The third kappa shape index (κ3) is 4.50. The van der Waals surface area contributed by atoms with Gasteiger partial charge in [-0.1, -0.05) is 29.3 Å². The van der Waals surface area contributed by atoms with E-state index >= 15 is 0 Å². The van der Waals surface area contributed by atoms with Gasteiger partial charge in [-0.2, -0.15) is 0 Å². The molecule has 1 saturated heterocycles. The monoisotopic (exact) mass is 330 g/mol. The molecule has 21 heavy (non-hydrogen) atoms. The van der Waals surface area contributed by atoms with E-state index in [-0.39, 0.29) is 18.2 Å². The van der Waals surface area contributed by atoms with Gasteiger partial charge in [0.1, 0.15) is 0 Å². The first-order valence-corrected chi connectivity index (χ1v) is 7.80. The minimum Gasteiger partial charge on any atom is -0.376 e. The van der Waals surface area contributed by atoms with Crippen LogP contribution >= 0.6 is 23.2 Å². The molecule has 0 bridgehead atoms. The third-order valence-corrected chi connectivity index (χ3v) is 4.23. The van der Waals surface area contributed by atoms with E-state index in [0.29, 0.717) is 16.6 Å². The number of hydrogen-bond acceptors (Lipinski definition) is 2. The molecule has 2 atom stereocenters. The molecule has 2 unspecified atom stereocenters. The van der Waals surface area contributed by atoms with Gasteiger partial charge in [-0.05, 0) is 37.5 Å². The zero-order valence-corrected chi connectivity index (χ0v) is 13.7. The summed E-state index contributed by atoms with van der Waals surface area (Å²) in [6, 6.07) is 5.15. The Bertz CT molecular complexity index is 504. The largest absolute Gasteiger partial charge is 0.376 e. The highest BCUT2D eigenvalue weighted by molar-refractivity contribution is 6.35. The minimum atomic E-state index is -0.135. The maximum absolute atomic E-state index is 12.2. The molecule has 2 rings (SSSR count). The molecule has 1 fully saturated rings. The second-order valence-electron chi connectivity index (χ2n) is 5.38. The third-order valence-electron chi connectivity index (χ3n) is 3.64. The highest BCUT2D eigenvalue weighted by Gasteiger charge is 2.24. The number of amides is 2. The summed E-state index contributed by atoms with van der Waals surface area (Å²) in [5.41, 5.74) is 0.864. The van der Waals surface area contributed by atoms with Crippen molar-refractivity contribution in [2.45, 2.75) is 38.5 Å². The van der Waals surface area contributed by atoms with Gasteiger partial charge < -0.3 is 15.0 Å². The second-order valence-corrected chi connectivity index (χ2v) is 6.23. The summed E-state index contributed by atoms with van der Waals surface area (Å²) in [4.78, 5) is 13.8. The normalized spacial score (nSPS) is 19.3. The van der Waals surface area contributed by atoms with Crippen LogP contribution in [0, 0.1) is 0 Å². The van der Waals surface area contributed by atoms with Crippen molar-refractivity contribution in [3.63, 3.8) is 0 Å². The van der Waals surface area contributed by atoms with Crippen LogP contribution < -0.4 is 5.32 Å². The van der Waals surface area contributed by atoms with Crippen molar-refractivity contribution < 1.29 is 9.53 Å². The number of benzene rings is 1. The van der Waals surface area contributed by atoms with E-state index < -0.39 is 0 Å². The van der Waals surface area contributed by atoms with E-state index in [4.69, 9.17) is 27.9 Å². The van der Waals surface area contributed by atoms with Crippen LogP contribution in [0.4, 0.5) is 4.79 Å². The minimum absolute atomic E-state index is 0.00291. The SMILES string of the molecule is CC(NC(=O)N(C)Cc1ccc(Cl)cc1Cl)C1CCCO1. The summed E-state index contributed by atoms with van der Waals surface area (Å²) in [5.74, 6) is 0. The van der Waals surface area contributed by atoms with Gasteiger partial charge >= 0.3 is 6.03 Å². The van der Waals surface area contributed by atoms with Gasteiger partial charge in [-0.3, -0.25) is 0 Å². The Morgan fingerprint density at radius 1 is 1.52 bits per heavy atom. The van der Waals surface area contributed by atoms with Crippen LogP contribution in [0.3, 0.4) is 0 Å². The number of urea groups is 1. The van der Waals surface area contributed by atoms with E-state index in [1.54, 1.807) is 24.1 Å². The Morgan fingerprint density at radius 2 is 2.29 bits per heavy atom. The maximum atomic E-state index is 12.2. The summed E-state index contributed by atoms with van der Waals surface area (Å²) < 4.78 is 5.58. The highest BCUT2D eigenvalue weighted by atomic mass is 35.5. The Hall–Kier alpha value is -0.970. The molecule has 1 aromatic rings. The van der Waals surface area contributed by atoms with Crippen molar-refractivity contribution in [3.8, 4) is 0 Å². The maximum Gasteiger partial charge on any atom is 0.317 e. The molecule has 0 aliphatic carbocycles. The molecule has 1 aliphatic heterocycles. The van der Waals surface area contributed by atoms with Crippen LogP contribution in [-0.2, 0) is 11.3 Å². The van der Waals surface area contributed by atoms with Gasteiger partial charge in [0.2, 0.25) is 0 Å². The number of rotatable bonds is 4. The average molecular weight is 331 g/mol. The number of nitrogens with one attached hydrogen (secondary N) is 1. The van der Waals surface area contributed by atoms with Crippen LogP contribution in [0.5, 0.6) is 0 Å². The summed E-state index contributed by atoms with van der Waals surface area (Å²) in [6.45, 7) is 3.18. The molecule has 1 aliphatic rings. The molecule has 2 amide bonds. The lowest BCUT2D eigenvalue weighted by Crippen LogP contribution is -2.46. The predicted octanol–water partition coefficient (Wildman–Crippen LogP) is 3.70. The number of nitrogens with zero attached hydrogens (tertiary/aromatic N) is 1. The fraction of sp³-hybridized carbons (Fsp3) is 0.533. The smallest absolute Gasteiger partial charge is 0.317 e. The lowest BCUT2D eigenvalue weighted by Gasteiger charge is -2.24. The summed E-state index contributed by atoms with van der Waals surface area (Å²) in [5, 5.41) is 4.12. The van der Waals surface area contributed by atoms with Crippen LogP contribution in [0.25, 0.3) is 0 Å². The molecule has 1 N–H and O–H groups in total. The zero-order valence-electron chi connectivity index (χ0n) is 12.2.